The van der Waals surface area contributed by atoms with E-state index in [2.05, 4.69) is 38.0 Å². The topological polar surface area (TPSA) is 25.4 Å². The quantitative estimate of drug-likeness (QED) is 0.829. The van der Waals surface area contributed by atoms with Gasteiger partial charge in [0.1, 0.15) is 0 Å². The number of aromatic nitrogens is 1. The van der Waals surface area contributed by atoms with Gasteiger partial charge in [0.25, 0.3) is 0 Å². The Morgan fingerprint density at radius 3 is 2.94 bits per heavy atom. The summed E-state index contributed by atoms with van der Waals surface area (Å²) in [6.45, 7) is 11.6. The second-order valence-electron chi connectivity index (χ2n) is 5.25. The molecule has 0 aliphatic carbocycles. The van der Waals surface area contributed by atoms with Crippen LogP contribution in [-0.4, -0.2) is 35.2 Å². The average Bonchev–Trinajstić information content (AvgIpc) is 2.72. The lowest BCUT2D eigenvalue weighted by Crippen LogP contribution is -2.46. The molecule has 17 heavy (non-hydrogen) atoms. The molecule has 2 atom stereocenters. The van der Waals surface area contributed by atoms with Gasteiger partial charge >= 0.3 is 0 Å². The minimum Gasteiger partial charge on any atom is -0.376 e. The lowest BCUT2D eigenvalue weighted by molar-refractivity contribution is -0.0530. The summed E-state index contributed by atoms with van der Waals surface area (Å²) in [7, 11) is 0. The number of thiazole rings is 1. The van der Waals surface area contributed by atoms with Crippen LogP contribution in [0.3, 0.4) is 0 Å². The molecule has 1 aliphatic rings. The summed E-state index contributed by atoms with van der Waals surface area (Å²) in [5.74, 6) is 0.537. The van der Waals surface area contributed by atoms with Crippen molar-refractivity contribution in [3.05, 3.63) is 16.1 Å². The molecule has 0 bridgehead atoms. The summed E-state index contributed by atoms with van der Waals surface area (Å²) < 4.78 is 5.64. The van der Waals surface area contributed by atoms with Gasteiger partial charge in [-0.05, 0) is 13.8 Å². The van der Waals surface area contributed by atoms with Crippen LogP contribution in [0.1, 0.15) is 44.3 Å². The van der Waals surface area contributed by atoms with Crippen LogP contribution in [0.5, 0.6) is 0 Å². The molecule has 1 aliphatic heterocycles. The maximum Gasteiger partial charge on any atom is 0.0954 e. The van der Waals surface area contributed by atoms with Crippen molar-refractivity contribution in [1.29, 1.82) is 0 Å². The van der Waals surface area contributed by atoms with E-state index in [-0.39, 0.29) is 0 Å². The number of hydrogen-bond donors (Lipinski definition) is 0. The Morgan fingerprint density at radius 2 is 2.29 bits per heavy atom. The van der Waals surface area contributed by atoms with Gasteiger partial charge in [0.15, 0.2) is 0 Å². The molecule has 3 nitrogen and oxygen atoms in total. The smallest absolute Gasteiger partial charge is 0.0954 e. The number of ether oxygens (including phenoxy) is 1. The minimum atomic E-state index is 0.342. The average molecular weight is 254 g/mol. The van der Waals surface area contributed by atoms with Gasteiger partial charge in [-0.3, -0.25) is 4.90 Å². The highest BCUT2D eigenvalue weighted by molar-refractivity contribution is 7.09. The summed E-state index contributed by atoms with van der Waals surface area (Å²) in [5.41, 5.74) is 1.21. The highest BCUT2D eigenvalue weighted by Gasteiger charge is 2.24. The van der Waals surface area contributed by atoms with Gasteiger partial charge in [0, 0.05) is 30.4 Å². The zero-order valence-corrected chi connectivity index (χ0v) is 12.0. The first kappa shape index (κ1) is 13.0. The molecule has 1 aromatic heterocycles. The highest BCUT2D eigenvalue weighted by atomic mass is 32.1. The fraction of sp³-hybridized carbons (Fsp3) is 0.769. The highest BCUT2D eigenvalue weighted by Crippen LogP contribution is 2.21. The lowest BCUT2D eigenvalue weighted by atomic mass is 10.2. The Hall–Kier alpha value is -0.450. The maximum atomic E-state index is 5.64. The van der Waals surface area contributed by atoms with E-state index in [1.807, 2.05) is 0 Å². The van der Waals surface area contributed by atoms with Gasteiger partial charge in [0.05, 0.1) is 23.4 Å². The Labute approximate surface area is 108 Å². The van der Waals surface area contributed by atoms with Crippen LogP contribution in [0.25, 0.3) is 0 Å². The fourth-order valence-electron chi connectivity index (χ4n) is 2.06. The number of morpholine rings is 1. The fourth-order valence-corrected chi connectivity index (χ4v) is 2.89. The van der Waals surface area contributed by atoms with E-state index in [0.717, 1.165) is 19.7 Å². The maximum absolute atomic E-state index is 5.64. The van der Waals surface area contributed by atoms with E-state index < -0.39 is 0 Å². The first-order valence-corrected chi connectivity index (χ1v) is 7.24. The van der Waals surface area contributed by atoms with Gasteiger partial charge < -0.3 is 4.74 Å². The standard InChI is InChI=1S/C13H22N2OS/c1-9(2)13-14-12(8-17-13)6-15-5-11(4)16-7-10(15)3/h8-11H,5-7H2,1-4H3/t10-,11-/m1/s1. The molecule has 1 fully saturated rings. The molecular formula is C13H22N2OS. The van der Waals surface area contributed by atoms with Crippen LogP contribution in [-0.2, 0) is 11.3 Å². The van der Waals surface area contributed by atoms with E-state index in [0.29, 0.717) is 18.1 Å². The van der Waals surface area contributed by atoms with Crippen molar-refractivity contribution >= 4 is 11.3 Å². The first-order chi connectivity index (χ1) is 8.06. The summed E-state index contributed by atoms with van der Waals surface area (Å²) in [5, 5.41) is 3.44. The predicted octanol–water partition coefficient (Wildman–Crippen LogP) is 2.88. The molecule has 0 saturated carbocycles. The van der Waals surface area contributed by atoms with Crippen LogP contribution >= 0.6 is 11.3 Å². The summed E-state index contributed by atoms with van der Waals surface area (Å²) in [6.07, 6.45) is 0.342. The number of hydrogen-bond acceptors (Lipinski definition) is 4. The normalized spacial score (nSPS) is 26.6. The van der Waals surface area contributed by atoms with Gasteiger partial charge in [-0.2, -0.15) is 0 Å². The Bertz CT molecular complexity index is 364. The molecule has 96 valence electrons. The Kier molecular flexibility index (Phi) is 4.17. The monoisotopic (exact) mass is 254 g/mol. The first-order valence-electron chi connectivity index (χ1n) is 6.36. The van der Waals surface area contributed by atoms with Crippen LogP contribution in [0.15, 0.2) is 5.38 Å². The molecule has 0 unspecified atom stereocenters. The molecule has 2 heterocycles. The zero-order chi connectivity index (χ0) is 12.4. The number of rotatable bonds is 3. The van der Waals surface area contributed by atoms with Crippen LogP contribution in [0.4, 0.5) is 0 Å². The van der Waals surface area contributed by atoms with Gasteiger partial charge in [-0.25, -0.2) is 4.98 Å². The van der Waals surface area contributed by atoms with Crippen molar-refractivity contribution in [2.45, 2.75) is 52.3 Å². The van der Waals surface area contributed by atoms with E-state index >= 15 is 0 Å². The van der Waals surface area contributed by atoms with E-state index in [1.54, 1.807) is 11.3 Å². The molecule has 0 aromatic carbocycles. The molecule has 0 radical (unpaired) electrons. The predicted molar refractivity (Wildman–Crippen MR) is 71.5 cm³/mol. The molecule has 2 rings (SSSR count). The largest absolute Gasteiger partial charge is 0.376 e. The van der Waals surface area contributed by atoms with Crippen molar-refractivity contribution in [1.82, 2.24) is 9.88 Å². The number of nitrogens with zero attached hydrogens (tertiary/aromatic N) is 2. The van der Waals surface area contributed by atoms with Gasteiger partial charge in [0.2, 0.25) is 0 Å². The van der Waals surface area contributed by atoms with Crippen molar-refractivity contribution < 1.29 is 4.74 Å². The SMILES string of the molecule is CC(C)c1nc(CN2C[C@@H](C)OC[C@H]2C)cs1. The summed E-state index contributed by atoms with van der Waals surface area (Å²) in [6, 6.07) is 0.496. The van der Waals surface area contributed by atoms with Crippen LogP contribution in [0, 0.1) is 0 Å². The van der Waals surface area contributed by atoms with Crippen molar-refractivity contribution in [3.8, 4) is 0 Å². The van der Waals surface area contributed by atoms with E-state index in [4.69, 9.17) is 9.72 Å². The van der Waals surface area contributed by atoms with Crippen LogP contribution in [0.2, 0.25) is 0 Å². The van der Waals surface area contributed by atoms with Crippen molar-refractivity contribution in [3.63, 3.8) is 0 Å². The Balaban J connectivity index is 1.98. The zero-order valence-electron chi connectivity index (χ0n) is 11.1. The molecule has 1 aromatic rings. The Morgan fingerprint density at radius 1 is 1.53 bits per heavy atom. The second kappa shape index (κ2) is 5.46. The van der Waals surface area contributed by atoms with E-state index in [1.165, 1.54) is 10.7 Å². The molecule has 4 heteroatoms. The minimum absolute atomic E-state index is 0.342. The summed E-state index contributed by atoms with van der Waals surface area (Å²) in [4.78, 5) is 7.16. The van der Waals surface area contributed by atoms with Crippen LogP contribution < -0.4 is 0 Å². The molecule has 0 spiro atoms. The third kappa shape index (κ3) is 3.27. The molecule has 1 saturated heterocycles. The van der Waals surface area contributed by atoms with Gasteiger partial charge in [-0.1, -0.05) is 13.8 Å². The van der Waals surface area contributed by atoms with Gasteiger partial charge in [-0.15, -0.1) is 11.3 Å². The molecule has 0 amide bonds. The molecule has 0 N–H and O–H groups in total. The third-order valence-electron chi connectivity index (χ3n) is 3.17. The molecular weight excluding hydrogens is 232 g/mol. The lowest BCUT2D eigenvalue weighted by Gasteiger charge is -2.36. The van der Waals surface area contributed by atoms with E-state index in [9.17, 15) is 0 Å². The second-order valence-corrected chi connectivity index (χ2v) is 6.14. The summed E-state index contributed by atoms with van der Waals surface area (Å²) >= 11 is 1.78. The van der Waals surface area contributed by atoms with Crippen molar-refractivity contribution in [2.24, 2.45) is 0 Å². The third-order valence-corrected chi connectivity index (χ3v) is 4.36. The van der Waals surface area contributed by atoms with Crippen molar-refractivity contribution in [2.75, 3.05) is 13.2 Å².